The first-order valence-electron chi connectivity index (χ1n) is 9.00. The summed E-state index contributed by atoms with van der Waals surface area (Å²) < 4.78 is 11.1. The second-order valence-electron chi connectivity index (χ2n) is 6.73. The van der Waals surface area contributed by atoms with Crippen LogP contribution < -0.4 is 15.4 Å². The largest absolute Gasteiger partial charge is 0.489 e. The minimum atomic E-state index is -0.161. The fourth-order valence-corrected chi connectivity index (χ4v) is 3.29. The summed E-state index contributed by atoms with van der Waals surface area (Å²) >= 11 is 0. The molecule has 0 bridgehead atoms. The van der Waals surface area contributed by atoms with Crippen molar-refractivity contribution >= 4 is 18.3 Å². The number of amides is 1. The van der Waals surface area contributed by atoms with Gasteiger partial charge in [-0.05, 0) is 43.1 Å². The molecule has 1 amide bonds. The molecule has 146 valence electrons. The summed E-state index contributed by atoms with van der Waals surface area (Å²) in [5.41, 5.74) is 1.53. The third-order valence-corrected chi connectivity index (χ3v) is 4.68. The SMILES string of the molecule is COCC1(CNC(=O)c2cccc(OCc3ccccc3)c2)CCCN1.Cl. The zero-order valence-corrected chi connectivity index (χ0v) is 16.4. The smallest absolute Gasteiger partial charge is 0.251 e. The molecule has 2 N–H and O–H groups in total. The maximum Gasteiger partial charge on any atom is 0.251 e. The van der Waals surface area contributed by atoms with Crippen LogP contribution in [0.1, 0.15) is 28.8 Å². The molecule has 0 radical (unpaired) electrons. The molecule has 6 heteroatoms. The van der Waals surface area contributed by atoms with Gasteiger partial charge in [0.2, 0.25) is 0 Å². The van der Waals surface area contributed by atoms with Crippen LogP contribution in [0.5, 0.6) is 5.75 Å². The number of rotatable bonds is 8. The molecule has 0 spiro atoms. The number of ether oxygens (including phenoxy) is 2. The average Bonchev–Trinajstić information content (AvgIpc) is 3.15. The molecule has 27 heavy (non-hydrogen) atoms. The Kier molecular flexibility index (Phi) is 8.10. The molecule has 0 saturated carbocycles. The van der Waals surface area contributed by atoms with E-state index in [1.807, 2.05) is 42.5 Å². The molecule has 0 aliphatic carbocycles. The van der Waals surface area contributed by atoms with Crippen molar-refractivity contribution < 1.29 is 14.3 Å². The molecule has 1 aliphatic heterocycles. The molecule has 2 aromatic carbocycles. The van der Waals surface area contributed by atoms with E-state index >= 15 is 0 Å². The lowest BCUT2D eigenvalue weighted by atomic mass is 9.98. The summed E-state index contributed by atoms with van der Waals surface area (Å²) in [6.45, 7) is 2.58. The van der Waals surface area contributed by atoms with Gasteiger partial charge in [-0.1, -0.05) is 36.4 Å². The van der Waals surface area contributed by atoms with E-state index in [4.69, 9.17) is 9.47 Å². The van der Waals surface area contributed by atoms with Crippen LogP contribution in [0.2, 0.25) is 0 Å². The molecule has 5 nitrogen and oxygen atoms in total. The Balaban J connectivity index is 0.00000261. The van der Waals surface area contributed by atoms with Gasteiger partial charge in [-0.3, -0.25) is 4.79 Å². The predicted octanol–water partition coefficient (Wildman–Crippen LogP) is 3.19. The highest BCUT2D eigenvalue weighted by molar-refractivity contribution is 5.94. The lowest BCUT2D eigenvalue weighted by molar-refractivity contribution is 0.0891. The van der Waals surface area contributed by atoms with Gasteiger partial charge in [-0.25, -0.2) is 0 Å². The fourth-order valence-electron chi connectivity index (χ4n) is 3.29. The summed E-state index contributed by atoms with van der Waals surface area (Å²) in [7, 11) is 1.69. The van der Waals surface area contributed by atoms with Gasteiger partial charge < -0.3 is 20.1 Å². The van der Waals surface area contributed by atoms with Gasteiger partial charge in [-0.2, -0.15) is 0 Å². The second-order valence-corrected chi connectivity index (χ2v) is 6.73. The Morgan fingerprint density at radius 1 is 1.19 bits per heavy atom. The predicted molar refractivity (Wildman–Crippen MR) is 109 cm³/mol. The van der Waals surface area contributed by atoms with Crippen molar-refractivity contribution in [2.45, 2.75) is 25.0 Å². The van der Waals surface area contributed by atoms with E-state index in [1.54, 1.807) is 19.2 Å². The first-order chi connectivity index (χ1) is 12.7. The van der Waals surface area contributed by atoms with Crippen LogP contribution in [0, 0.1) is 0 Å². The van der Waals surface area contributed by atoms with E-state index in [1.165, 1.54) is 0 Å². The molecule has 0 aromatic heterocycles. The minimum absolute atomic E-state index is 0. The van der Waals surface area contributed by atoms with E-state index in [-0.39, 0.29) is 23.9 Å². The van der Waals surface area contributed by atoms with Gasteiger partial charge in [0.1, 0.15) is 12.4 Å². The molecule has 1 saturated heterocycles. The van der Waals surface area contributed by atoms with Gasteiger partial charge in [0.05, 0.1) is 12.1 Å². The van der Waals surface area contributed by atoms with E-state index in [0.29, 0.717) is 31.1 Å². The Morgan fingerprint density at radius 3 is 2.70 bits per heavy atom. The van der Waals surface area contributed by atoms with Crippen LogP contribution in [-0.2, 0) is 11.3 Å². The Morgan fingerprint density at radius 2 is 2.00 bits per heavy atom. The minimum Gasteiger partial charge on any atom is -0.489 e. The van der Waals surface area contributed by atoms with Crippen molar-refractivity contribution in [3.8, 4) is 5.75 Å². The number of carbonyl (C=O) groups excluding carboxylic acids is 1. The maximum atomic E-state index is 12.5. The second kappa shape index (κ2) is 10.3. The maximum absolute atomic E-state index is 12.5. The molecule has 1 unspecified atom stereocenters. The quantitative estimate of drug-likeness (QED) is 0.726. The normalized spacial score (nSPS) is 18.6. The van der Waals surface area contributed by atoms with Crippen molar-refractivity contribution in [2.24, 2.45) is 0 Å². The van der Waals surface area contributed by atoms with Gasteiger partial charge in [-0.15, -0.1) is 12.4 Å². The number of hydrogen-bond acceptors (Lipinski definition) is 4. The Labute approximate surface area is 166 Å². The van der Waals surface area contributed by atoms with Gasteiger partial charge in [0, 0.05) is 19.2 Å². The molecule has 1 atom stereocenters. The highest BCUT2D eigenvalue weighted by Gasteiger charge is 2.33. The standard InChI is InChI=1S/C21H26N2O3.ClH/c1-25-16-21(11-6-12-23-21)15-22-20(24)18-9-5-10-19(13-18)26-14-17-7-3-2-4-8-17;/h2-5,7-10,13,23H,6,11-12,14-16H2,1H3,(H,22,24);1H. The molecular weight excluding hydrogens is 364 g/mol. The summed E-state index contributed by atoms with van der Waals surface area (Å²) in [4.78, 5) is 12.5. The molecule has 2 aromatic rings. The van der Waals surface area contributed by atoms with Crippen LogP contribution in [0.3, 0.4) is 0 Å². The van der Waals surface area contributed by atoms with E-state index < -0.39 is 0 Å². The Bertz CT molecular complexity index is 718. The van der Waals surface area contributed by atoms with Gasteiger partial charge in [0.25, 0.3) is 5.91 Å². The van der Waals surface area contributed by atoms with Gasteiger partial charge >= 0.3 is 0 Å². The number of benzene rings is 2. The monoisotopic (exact) mass is 390 g/mol. The van der Waals surface area contributed by atoms with Crippen molar-refractivity contribution in [2.75, 3.05) is 26.8 Å². The summed E-state index contributed by atoms with van der Waals surface area (Å²) in [6.07, 6.45) is 2.10. The molecular formula is C21H27ClN2O3. The third kappa shape index (κ3) is 5.96. The average molecular weight is 391 g/mol. The number of hydrogen-bond donors (Lipinski definition) is 2. The molecule has 1 aliphatic rings. The van der Waals surface area contributed by atoms with E-state index in [2.05, 4.69) is 10.6 Å². The zero-order chi connectivity index (χ0) is 18.2. The third-order valence-electron chi connectivity index (χ3n) is 4.68. The number of nitrogens with one attached hydrogen (secondary N) is 2. The zero-order valence-electron chi connectivity index (χ0n) is 15.6. The van der Waals surface area contributed by atoms with Crippen LogP contribution in [-0.4, -0.2) is 38.3 Å². The van der Waals surface area contributed by atoms with Crippen molar-refractivity contribution in [1.29, 1.82) is 0 Å². The topological polar surface area (TPSA) is 59.6 Å². The molecule has 1 heterocycles. The summed E-state index contributed by atoms with van der Waals surface area (Å²) in [6, 6.07) is 17.3. The number of carbonyl (C=O) groups is 1. The van der Waals surface area contributed by atoms with Crippen LogP contribution in [0.15, 0.2) is 54.6 Å². The van der Waals surface area contributed by atoms with Crippen LogP contribution >= 0.6 is 12.4 Å². The summed E-state index contributed by atoms with van der Waals surface area (Å²) in [5.74, 6) is 0.589. The first kappa shape index (κ1) is 21.2. The lowest BCUT2D eigenvalue weighted by Gasteiger charge is -2.29. The number of methoxy groups -OCH3 is 1. The first-order valence-corrected chi connectivity index (χ1v) is 9.00. The van der Waals surface area contributed by atoms with Crippen molar-refractivity contribution in [1.82, 2.24) is 10.6 Å². The van der Waals surface area contributed by atoms with Crippen LogP contribution in [0.25, 0.3) is 0 Å². The van der Waals surface area contributed by atoms with E-state index in [9.17, 15) is 4.79 Å². The van der Waals surface area contributed by atoms with Crippen molar-refractivity contribution in [3.63, 3.8) is 0 Å². The summed E-state index contributed by atoms with van der Waals surface area (Å²) in [5, 5.41) is 6.49. The molecule has 3 rings (SSSR count). The highest BCUT2D eigenvalue weighted by atomic mass is 35.5. The number of halogens is 1. The lowest BCUT2D eigenvalue weighted by Crippen LogP contribution is -2.52. The Hall–Kier alpha value is -2.08. The molecule has 1 fully saturated rings. The fraction of sp³-hybridized carbons (Fsp3) is 0.381. The van der Waals surface area contributed by atoms with Crippen LogP contribution in [0.4, 0.5) is 0 Å². The highest BCUT2D eigenvalue weighted by Crippen LogP contribution is 2.20. The van der Waals surface area contributed by atoms with Gasteiger partial charge in [0.15, 0.2) is 0 Å². The van der Waals surface area contributed by atoms with Crippen molar-refractivity contribution in [3.05, 3.63) is 65.7 Å². The van der Waals surface area contributed by atoms with E-state index in [0.717, 1.165) is 24.9 Å².